The molecular weight excluding hydrogens is 295 g/mol. The summed E-state index contributed by atoms with van der Waals surface area (Å²) in [4.78, 5) is 0. The lowest BCUT2D eigenvalue weighted by molar-refractivity contribution is 0.351. The van der Waals surface area contributed by atoms with Crippen LogP contribution in [0.15, 0.2) is 21.1 Å². The average molecular weight is 303 g/mol. The number of anilines is 1. The number of hydrogen-bond donors (Lipinski definition) is 2. The molecule has 1 heterocycles. The molecule has 0 saturated heterocycles. The van der Waals surface area contributed by atoms with Gasteiger partial charge in [-0.2, -0.15) is 0 Å². The van der Waals surface area contributed by atoms with Crippen molar-refractivity contribution in [3.8, 4) is 22.8 Å². The molecule has 0 saturated carbocycles. The number of phenolic OH excluding ortho intramolecular Hbond substituents is 1. The smallest absolute Gasteiger partial charge is 0.222 e. The van der Waals surface area contributed by atoms with Gasteiger partial charge in [-0.05, 0) is 22.0 Å². The third-order valence-corrected chi connectivity index (χ3v) is 2.77. The van der Waals surface area contributed by atoms with Crippen LogP contribution >= 0.6 is 15.9 Å². The molecule has 0 atom stereocenters. The number of aromatic nitrogens is 1. The molecule has 0 spiro atoms. The van der Waals surface area contributed by atoms with Crippen molar-refractivity contribution in [2.24, 2.45) is 0 Å². The Hall–Kier alpha value is -1.76. The van der Waals surface area contributed by atoms with Crippen molar-refractivity contribution in [1.82, 2.24) is 5.16 Å². The van der Waals surface area contributed by atoms with Gasteiger partial charge in [0.25, 0.3) is 0 Å². The maximum Gasteiger partial charge on any atom is 0.222 e. The van der Waals surface area contributed by atoms with Crippen LogP contribution in [0.25, 0.3) is 11.3 Å². The normalized spacial score (nSPS) is 10.5. The van der Waals surface area contributed by atoms with Gasteiger partial charge in [0.05, 0.1) is 12.7 Å². The molecule has 5 nitrogen and oxygen atoms in total. The Morgan fingerprint density at radius 1 is 1.53 bits per heavy atom. The monoisotopic (exact) mass is 302 g/mol. The van der Waals surface area contributed by atoms with Gasteiger partial charge in [0.2, 0.25) is 5.88 Å². The summed E-state index contributed by atoms with van der Waals surface area (Å²) in [5.74, 6) is -1.24. The van der Waals surface area contributed by atoms with Crippen molar-refractivity contribution in [2.75, 3.05) is 12.8 Å². The van der Waals surface area contributed by atoms with Gasteiger partial charge in [-0.25, -0.2) is 4.39 Å². The molecule has 0 amide bonds. The molecule has 3 N–H and O–H groups in total. The summed E-state index contributed by atoms with van der Waals surface area (Å²) in [6, 6.07) is 2.68. The van der Waals surface area contributed by atoms with E-state index in [1.54, 1.807) is 0 Å². The fraction of sp³-hybridized carbons (Fsp3) is 0.100. The van der Waals surface area contributed by atoms with E-state index in [2.05, 4.69) is 25.6 Å². The lowest BCUT2D eigenvalue weighted by Gasteiger charge is -2.09. The van der Waals surface area contributed by atoms with Gasteiger partial charge in [0, 0.05) is 10.5 Å². The van der Waals surface area contributed by atoms with Gasteiger partial charge in [-0.1, -0.05) is 5.16 Å². The highest BCUT2D eigenvalue weighted by molar-refractivity contribution is 9.10. The maximum atomic E-state index is 14.1. The zero-order chi connectivity index (χ0) is 12.6. The number of phenols is 1. The van der Waals surface area contributed by atoms with Crippen molar-refractivity contribution in [3.05, 3.63) is 22.4 Å². The number of nitrogens with two attached hydrogens (primary N) is 1. The molecule has 2 rings (SSSR count). The van der Waals surface area contributed by atoms with E-state index in [-0.39, 0.29) is 28.6 Å². The number of nitrogen functional groups attached to an aromatic ring is 1. The van der Waals surface area contributed by atoms with Crippen LogP contribution in [0.2, 0.25) is 0 Å². The van der Waals surface area contributed by atoms with Crippen LogP contribution in [-0.4, -0.2) is 17.4 Å². The highest BCUT2D eigenvalue weighted by Crippen LogP contribution is 2.41. The molecule has 0 radical (unpaired) electrons. The first-order valence-corrected chi connectivity index (χ1v) is 5.31. The second kappa shape index (κ2) is 4.25. The SMILES string of the molecule is COc1c(O)cc(Br)c(-c2cc(N)on2)c1F. The fourth-order valence-electron chi connectivity index (χ4n) is 1.42. The van der Waals surface area contributed by atoms with E-state index in [0.29, 0.717) is 4.47 Å². The van der Waals surface area contributed by atoms with E-state index in [0.717, 1.165) is 0 Å². The Labute approximate surface area is 104 Å². The molecule has 0 aliphatic heterocycles. The van der Waals surface area contributed by atoms with E-state index >= 15 is 0 Å². The van der Waals surface area contributed by atoms with E-state index < -0.39 is 5.82 Å². The first-order chi connectivity index (χ1) is 8.04. The zero-order valence-electron chi connectivity index (χ0n) is 8.70. The van der Waals surface area contributed by atoms with Crippen molar-refractivity contribution in [3.63, 3.8) is 0 Å². The van der Waals surface area contributed by atoms with Crippen LogP contribution in [0.3, 0.4) is 0 Å². The molecule has 17 heavy (non-hydrogen) atoms. The Bertz CT molecular complexity index is 571. The molecule has 0 aliphatic carbocycles. The highest BCUT2D eigenvalue weighted by Gasteiger charge is 2.21. The summed E-state index contributed by atoms with van der Waals surface area (Å²) in [6.07, 6.45) is 0. The number of methoxy groups -OCH3 is 1. The summed E-state index contributed by atoms with van der Waals surface area (Å²) in [7, 11) is 1.26. The lowest BCUT2D eigenvalue weighted by Crippen LogP contribution is -1.94. The fourth-order valence-corrected chi connectivity index (χ4v) is 2.02. The maximum absolute atomic E-state index is 14.1. The zero-order valence-corrected chi connectivity index (χ0v) is 10.3. The second-order valence-corrected chi connectivity index (χ2v) is 4.07. The Morgan fingerprint density at radius 3 is 2.76 bits per heavy atom. The van der Waals surface area contributed by atoms with Crippen LogP contribution in [0, 0.1) is 5.82 Å². The first kappa shape index (κ1) is 11.7. The third-order valence-electron chi connectivity index (χ3n) is 2.14. The van der Waals surface area contributed by atoms with Crippen LogP contribution < -0.4 is 10.5 Å². The van der Waals surface area contributed by atoms with Crippen molar-refractivity contribution in [2.45, 2.75) is 0 Å². The molecule has 1 aromatic carbocycles. The molecule has 0 aliphatic rings. The second-order valence-electron chi connectivity index (χ2n) is 3.21. The average Bonchev–Trinajstić information content (AvgIpc) is 2.64. The van der Waals surface area contributed by atoms with Gasteiger partial charge >= 0.3 is 0 Å². The predicted molar refractivity (Wildman–Crippen MR) is 62.2 cm³/mol. The number of ether oxygens (including phenoxy) is 1. The number of benzene rings is 1. The Morgan fingerprint density at radius 2 is 2.24 bits per heavy atom. The van der Waals surface area contributed by atoms with Crippen molar-refractivity contribution in [1.29, 1.82) is 0 Å². The number of rotatable bonds is 2. The summed E-state index contributed by atoms with van der Waals surface area (Å²) in [5.41, 5.74) is 5.69. The minimum atomic E-state index is -0.743. The number of aromatic hydroxyl groups is 1. The molecule has 1 aromatic heterocycles. The molecule has 0 unspecified atom stereocenters. The Kier molecular flexibility index (Phi) is 2.93. The summed E-state index contributed by atoms with van der Waals surface area (Å²) in [5, 5.41) is 13.1. The van der Waals surface area contributed by atoms with Crippen molar-refractivity contribution < 1.29 is 18.8 Å². The quantitative estimate of drug-likeness (QED) is 0.891. The van der Waals surface area contributed by atoms with Crippen LogP contribution in [0.5, 0.6) is 11.5 Å². The minimum absolute atomic E-state index is 0.0679. The molecule has 90 valence electrons. The highest BCUT2D eigenvalue weighted by atomic mass is 79.9. The van der Waals surface area contributed by atoms with E-state index in [1.165, 1.54) is 19.2 Å². The predicted octanol–water partition coefficient (Wildman–Crippen LogP) is 2.54. The third kappa shape index (κ3) is 1.93. The number of nitrogens with zero attached hydrogens (tertiary/aromatic N) is 1. The standard InChI is InChI=1S/C10H8BrFN2O3/c1-16-10-6(15)2-4(11)8(9(10)12)5-3-7(13)17-14-5/h2-3,15H,13H2,1H3. The van der Waals surface area contributed by atoms with Gasteiger partial charge in [0.1, 0.15) is 5.69 Å². The summed E-state index contributed by atoms with van der Waals surface area (Å²) < 4.78 is 23.8. The topological polar surface area (TPSA) is 81.5 Å². The van der Waals surface area contributed by atoms with Gasteiger partial charge in [0.15, 0.2) is 17.3 Å². The molecule has 0 fully saturated rings. The number of hydrogen-bond acceptors (Lipinski definition) is 5. The van der Waals surface area contributed by atoms with E-state index in [1.807, 2.05) is 0 Å². The molecular formula is C10H8BrFN2O3. The van der Waals surface area contributed by atoms with Gasteiger partial charge in [-0.3, -0.25) is 0 Å². The Balaban J connectivity index is 2.69. The van der Waals surface area contributed by atoms with Crippen LogP contribution in [0.1, 0.15) is 0 Å². The molecule has 2 aromatic rings. The molecule has 7 heteroatoms. The summed E-state index contributed by atoms with van der Waals surface area (Å²) in [6.45, 7) is 0. The summed E-state index contributed by atoms with van der Waals surface area (Å²) >= 11 is 3.13. The number of halogens is 2. The molecule has 0 bridgehead atoms. The first-order valence-electron chi connectivity index (χ1n) is 4.52. The van der Waals surface area contributed by atoms with Gasteiger partial charge < -0.3 is 20.1 Å². The van der Waals surface area contributed by atoms with E-state index in [4.69, 9.17) is 10.5 Å². The largest absolute Gasteiger partial charge is 0.504 e. The minimum Gasteiger partial charge on any atom is -0.504 e. The van der Waals surface area contributed by atoms with Crippen LogP contribution in [0.4, 0.5) is 10.3 Å². The lowest BCUT2D eigenvalue weighted by atomic mass is 10.1. The van der Waals surface area contributed by atoms with Crippen molar-refractivity contribution >= 4 is 21.8 Å². The van der Waals surface area contributed by atoms with Crippen LogP contribution in [-0.2, 0) is 0 Å². The van der Waals surface area contributed by atoms with E-state index in [9.17, 15) is 9.50 Å². The van der Waals surface area contributed by atoms with Gasteiger partial charge in [-0.15, -0.1) is 0 Å².